The van der Waals surface area contributed by atoms with E-state index in [1.165, 1.54) is 10.5 Å². The number of piperidine rings is 1. The maximum absolute atomic E-state index is 12.4. The lowest BCUT2D eigenvalue weighted by Crippen LogP contribution is -2.47. The van der Waals surface area contributed by atoms with E-state index in [0.29, 0.717) is 30.1 Å². The lowest BCUT2D eigenvalue weighted by Gasteiger charge is -2.38. The van der Waals surface area contributed by atoms with Crippen LogP contribution in [0.4, 0.5) is 5.82 Å². The second-order valence-electron chi connectivity index (χ2n) is 7.12. The van der Waals surface area contributed by atoms with E-state index in [9.17, 15) is 9.90 Å². The van der Waals surface area contributed by atoms with Gasteiger partial charge in [-0.25, -0.2) is 9.67 Å². The van der Waals surface area contributed by atoms with Crippen LogP contribution in [0.15, 0.2) is 41.5 Å². The van der Waals surface area contributed by atoms with Crippen molar-refractivity contribution < 1.29 is 5.11 Å². The molecule has 0 bridgehead atoms. The first-order valence-electron chi connectivity index (χ1n) is 8.84. The lowest BCUT2D eigenvalue weighted by molar-refractivity contribution is 0.0174. The highest BCUT2D eigenvalue weighted by molar-refractivity contribution is 5.48. The van der Waals surface area contributed by atoms with Crippen molar-refractivity contribution in [1.82, 2.24) is 24.4 Å². The van der Waals surface area contributed by atoms with Crippen LogP contribution < -0.4 is 10.5 Å². The van der Waals surface area contributed by atoms with Crippen molar-refractivity contribution in [1.29, 1.82) is 0 Å². The fraction of sp³-hybridized carbons (Fsp3) is 0.444. The van der Waals surface area contributed by atoms with Crippen LogP contribution in [0.1, 0.15) is 38.4 Å². The number of rotatable bonds is 3. The molecule has 0 amide bonds. The van der Waals surface area contributed by atoms with Crippen LogP contribution in [-0.2, 0) is 5.60 Å². The molecule has 1 N–H and O–H groups in total. The van der Waals surface area contributed by atoms with Crippen LogP contribution in [0, 0.1) is 0 Å². The van der Waals surface area contributed by atoms with Crippen molar-refractivity contribution in [2.75, 3.05) is 18.0 Å². The zero-order chi connectivity index (χ0) is 18.3. The summed E-state index contributed by atoms with van der Waals surface area (Å²) in [5.74, 6) is 0.579. The Hall–Kier alpha value is -2.74. The summed E-state index contributed by atoms with van der Waals surface area (Å²) in [4.78, 5) is 18.9. The van der Waals surface area contributed by atoms with Crippen LogP contribution in [0.3, 0.4) is 0 Å². The summed E-state index contributed by atoms with van der Waals surface area (Å²) < 4.78 is 3.25. The average molecular weight is 354 g/mol. The third-order valence-corrected chi connectivity index (χ3v) is 4.87. The molecule has 4 heterocycles. The molecule has 1 aliphatic rings. The van der Waals surface area contributed by atoms with Crippen LogP contribution >= 0.6 is 0 Å². The molecule has 1 saturated heterocycles. The summed E-state index contributed by atoms with van der Waals surface area (Å²) in [7, 11) is 0. The molecule has 3 aromatic heterocycles. The van der Waals surface area contributed by atoms with E-state index >= 15 is 0 Å². The molecule has 136 valence electrons. The van der Waals surface area contributed by atoms with Gasteiger partial charge in [0, 0.05) is 24.8 Å². The van der Waals surface area contributed by atoms with E-state index < -0.39 is 5.60 Å². The first kappa shape index (κ1) is 16.7. The molecule has 4 rings (SSSR count). The highest BCUT2D eigenvalue weighted by Gasteiger charge is 2.38. The van der Waals surface area contributed by atoms with Crippen LogP contribution in [0.2, 0.25) is 0 Å². The number of pyridine rings is 1. The number of anilines is 1. The van der Waals surface area contributed by atoms with Gasteiger partial charge in [0.15, 0.2) is 0 Å². The quantitative estimate of drug-likeness (QED) is 0.764. The summed E-state index contributed by atoms with van der Waals surface area (Å²) in [5.41, 5.74) is -0.0803. The third kappa shape index (κ3) is 2.86. The largest absolute Gasteiger partial charge is 0.382 e. The van der Waals surface area contributed by atoms with Gasteiger partial charge in [-0.1, -0.05) is 11.3 Å². The van der Waals surface area contributed by atoms with Gasteiger partial charge in [-0.2, -0.15) is 0 Å². The molecule has 8 heteroatoms. The Kier molecular flexibility index (Phi) is 3.99. The molecule has 0 aliphatic carbocycles. The molecule has 3 aromatic rings. The molecule has 0 unspecified atom stereocenters. The normalized spacial score (nSPS) is 20.8. The summed E-state index contributed by atoms with van der Waals surface area (Å²) in [6, 6.07) is 7.15. The first-order valence-corrected chi connectivity index (χ1v) is 8.84. The molecular formula is C18H22N6O2. The van der Waals surface area contributed by atoms with Gasteiger partial charge in [0.05, 0.1) is 12.7 Å². The van der Waals surface area contributed by atoms with Crippen LogP contribution in [-0.4, -0.2) is 42.6 Å². The minimum Gasteiger partial charge on any atom is -0.382 e. The van der Waals surface area contributed by atoms with Gasteiger partial charge in [-0.05, 0) is 38.8 Å². The van der Waals surface area contributed by atoms with E-state index in [4.69, 9.17) is 0 Å². The van der Waals surface area contributed by atoms with E-state index in [1.807, 2.05) is 24.8 Å². The number of β-amino-alcohol motifs (C(OH)–C–C–N with tert-alkyl or cyclic N) is 1. The zero-order valence-corrected chi connectivity index (χ0v) is 14.9. The Balaban J connectivity index is 1.67. The number of hydrogen-bond acceptors (Lipinski definition) is 6. The molecule has 1 aliphatic heterocycles. The molecule has 26 heavy (non-hydrogen) atoms. The SMILES string of the molecule is CC(C)n1cc([C@@]2(O)CCCN(c3cc(=O)n4ccccc4n3)C2)nn1. The van der Waals surface area contributed by atoms with Gasteiger partial charge in [0.25, 0.3) is 5.56 Å². The van der Waals surface area contributed by atoms with E-state index in [0.717, 1.165) is 13.0 Å². The monoisotopic (exact) mass is 354 g/mol. The molecule has 0 aromatic carbocycles. The number of hydrogen-bond donors (Lipinski definition) is 1. The van der Waals surface area contributed by atoms with Gasteiger partial charge in [-0.15, -0.1) is 5.10 Å². The van der Waals surface area contributed by atoms with Crippen molar-refractivity contribution in [3.05, 3.63) is 52.7 Å². The summed E-state index contributed by atoms with van der Waals surface area (Å²) in [6.45, 7) is 5.10. The van der Waals surface area contributed by atoms with Crippen molar-refractivity contribution in [2.45, 2.75) is 38.3 Å². The second kappa shape index (κ2) is 6.21. The minimum absolute atomic E-state index is 0.134. The Bertz CT molecular complexity index is 995. The summed E-state index contributed by atoms with van der Waals surface area (Å²) in [5, 5.41) is 19.5. The van der Waals surface area contributed by atoms with E-state index in [1.54, 1.807) is 29.2 Å². The Morgan fingerprint density at radius 2 is 2.15 bits per heavy atom. The topological polar surface area (TPSA) is 88.5 Å². The third-order valence-electron chi connectivity index (χ3n) is 4.87. The van der Waals surface area contributed by atoms with Crippen molar-refractivity contribution >= 4 is 11.5 Å². The fourth-order valence-electron chi connectivity index (χ4n) is 3.39. The Labute approximate surface area is 150 Å². The number of fused-ring (bicyclic) bond motifs is 1. The molecular weight excluding hydrogens is 332 g/mol. The molecule has 8 nitrogen and oxygen atoms in total. The Morgan fingerprint density at radius 3 is 2.92 bits per heavy atom. The molecule has 0 radical (unpaired) electrons. The fourth-order valence-corrected chi connectivity index (χ4v) is 3.39. The lowest BCUT2D eigenvalue weighted by atomic mass is 9.90. The molecule has 0 spiro atoms. The average Bonchev–Trinajstić information content (AvgIpc) is 3.13. The standard InChI is InChI=1S/C18H22N6O2/c1-13(2)24-11-14(20-21-24)18(26)7-5-8-22(12-18)16-10-17(25)23-9-4-3-6-15(23)19-16/h3-4,6,9-11,13,26H,5,7-8,12H2,1-2H3/t18-/m1/s1. The predicted molar refractivity (Wildman–Crippen MR) is 97.2 cm³/mol. The first-order chi connectivity index (χ1) is 12.5. The van der Waals surface area contributed by atoms with Crippen molar-refractivity contribution in [3.8, 4) is 0 Å². The molecule has 1 fully saturated rings. The van der Waals surface area contributed by atoms with E-state index in [-0.39, 0.29) is 11.6 Å². The second-order valence-corrected chi connectivity index (χ2v) is 7.12. The summed E-state index contributed by atoms with van der Waals surface area (Å²) >= 11 is 0. The summed E-state index contributed by atoms with van der Waals surface area (Å²) in [6.07, 6.45) is 4.88. The van der Waals surface area contributed by atoms with Gasteiger partial charge < -0.3 is 10.0 Å². The Morgan fingerprint density at radius 1 is 1.31 bits per heavy atom. The highest BCUT2D eigenvalue weighted by atomic mass is 16.3. The van der Waals surface area contributed by atoms with Gasteiger partial charge in [0.1, 0.15) is 22.8 Å². The number of nitrogens with zero attached hydrogens (tertiary/aromatic N) is 6. The van der Waals surface area contributed by atoms with Gasteiger partial charge >= 0.3 is 0 Å². The molecule has 1 atom stereocenters. The smallest absolute Gasteiger partial charge is 0.259 e. The van der Waals surface area contributed by atoms with Crippen molar-refractivity contribution in [3.63, 3.8) is 0 Å². The maximum Gasteiger partial charge on any atom is 0.259 e. The number of aliphatic hydroxyl groups is 1. The zero-order valence-electron chi connectivity index (χ0n) is 14.9. The van der Waals surface area contributed by atoms with Crippen LogP contribution in [0.25, 0.3) is 5.65 Å². The van der Waals surface area contributed by atoms with Gasteiger partial charge in [-0.3, -0.25) is 9.20 Å². The minimum atomic E-state index is -1.10. The van der Waals surface area contributed by atoms with Gasteiger partial charge in [0.2, 0.25) is 0 Å². The molecule has 0 saturated carbocycles. The number of aromatic nitrogens is 5. The van der Waals surface area contributed by atoms with Crippen molar-refractivity contribution in [2.24, 2.45) is 0 Å². The predicted octanol–water partition coefficient (Wildman–Crippen LogP) is 1.35. The van der Waals surface area contributed by atoms with E-state index in [2.05, 4.69) is 15.3 Å². The maximum atomic E-state index is 12.4. The highest BCUT2D eigenvalue weighted by Crippen LogP contribution is 2.32. The van der Waals surface area contributed by atoms with Crippen LogP contribution in [0.5, 0.6) is 0 Å².